The number of hydrogen-bond donors (Lipinski definition) is 0. The Morgan fingerprint density at radius 1 is 0.941 bits per heavy atom. The Labute approximate surface area is 204 Å². The molecule has 0 aliphatic rings. The molecule has 34 heavy (non-hydrogen) atoms. The minimum Gasteiger partial charge on any atom is -0.465 e. The fraction of sp³-hybridized carbons (Fsp3) is 0.154. The fourth-order valence-corrected chi connectivity index (χ4v) is 5.57. The zero-order chi connectivity index (χ0) is 24.6. The van der Waals surface area contributed by atoms with E-state index in [2.05, 4.69) is 0 Å². The first-order valence-electron chi connectivity index (χ1n) is 10.5. The maximum absolute atomic E-state index is 13.4. The van der Waals surface area contributed by atoms with E-state index in [1.165, 1.54) is 25.3 Å². The molecule has 176 valence electrons. The van der Waals surface area contributed by atoms with E-state index >= 15 is 0 Å². The highest BCUT2D eigenvalue weighted by Gasteiger charge is 2.30. The first-order chi connectivity index (χ1) is 16.3. The summed E-state index contributed by atoms with van der Waals surface area (Å²) >= 11 is 0.684. The molecule has 0 aliphatic carbocycles. The van der Waals surface area contributed by atoms with E-state index < -0.39 is 21.2 Å². The normalized spacial score (nSPS) is 11.4. The van der Waals surface area contributed by atoms with Gasteiger partial charge in [0, 0.05) is 11.4 Å². The van der Waals surface area contributed by atoms with E-state index in [0.29, 0.717) is 23.1 Å². The molecule has 0 saturated heterocycles. The summed E-state index contributed by atoms with van der Waals surface area (Å²) in [6, 6.07) is 22.4. The fourth-order valence-electron chi connectivity index (χ4n) is 3.10. The molecular formula is C26H25NO5S2. The van der Waals surface area contributed by atoms with Crippen molar-refractivity contribution in [3.05, 3.63) is 102 Å². The lowest BCUT2D eigenvalue weighted by atomic mass is 10.2. The number of thioether (sulfide) groups is 1. The number of sulfonamides is 1. The van der Waals surface area contributed by atoms with Crippen molar-refractivity contribution in [1.29, 1.82) is 0 Å². The second-order valence-electron chi connectivity index (χ2n) is 7.35. The summed E-state index contributed by atoms with van der Waals surface area (Å²) in [7, 11) is -2.86. The van der Waals surface area contributed by atoms with Crippen LogP contribution in [0.15, 0.2) is 94.7 Å². The van der Waals surface area contributed by atoms with Gasteiger partial charge in [-0.25, -0.2) is 17.5 Å². The number of amides is 1. The molecule has 1 amide bonds. The lowest BCUT2D eigenvalue weighted by molar-refractivity contribution is 0.0597. The number of hydrogen-bond acceptors (Lipinski definition) is 6. The van der Waals surface area contributed by atoms with E-state index in [-0.39, 0.29) is 17.0 Å². The molecule has 0 spiro atoms. The van der Waals surface area contributed by atoms with Gasteiger partial charge in [0.2, 0.25) is 0 Å². The molecule has 0 saturated carbocycles. The summed E-state index contributed by atoms with van der Waals surface area (Å²) in [6.07, 6.45) is 4.03. The van der Waals surface area contributed by atoms with Crippen LogP contribution in [0.2, 0.25) is 0 Å². The predicted molar refractivity (Wildman–Crippen MR) is 134 cm³/mol. The summed E-state index contributed by atoms with van der Waals surface area (Å²) in [4.78, 5) is 25.7. The van der Waals surface area contributed by atoms with E-state index in [1.807, 2.05) is 49.4 Å². The van der Waals surface area contributed by atoms with Crippen LogP contribution in [0.3, 0.4) is 0 Å². The second kappa shape index (κ2) is 11.7. The van der Waals surface area contributed by atoms with Crippen LogP contribution in [0.5, 0.6) is 0 Å². The van der Waals surface area contributed by atoms with Crippen molar-refractivity contribution in [3.63, 3.8) is 0 Å². The Morgan fingerprint density at radius 2 is 1.59 bits per heavy atom. The molecule has 0 heterocycles. The third-order valence-electron chi connectivity index (χ3n) is 4.91. The highest BCUT2D eigenvalue weighted by molar-refractivity contribution is 8.14. The van der Waals surface area contributed by atoms with Gasteiger partial charge in [0.25, 0.3) is 15.3 Å². The average Bonchev–Trinajstić information content (AvgIpc) is 2.84. The Kier molecular flexibility index (Phi) is 8.67. The van der Waals surface area contributed by atoms with Gasteiger partial charge in [-0.2, -0.15) is 0 Å². The van der Waals surface area contributed by atoms with Crippen LogP contribution in [0, 0.1) is 6.92 Å². The van der Waals surface area contributed by atoms with Crippen LogP contribution >= 0.6 is 11.8 Å². The molecule has 0 aromatic heterocycles. The number of rotatable bonds is 8. The van der Waals surface area contributed by atoms with Gasteiger partial charge in [0.1, 0.15) is 0 Å². The van der Waals surface area contributed by atoms with Crippen molar-refractivity contribution < 1.29 is 22.7 Å². The zero-order valence-electron chi connectivity index (χ0n) is 18.9. The average molecular weight is 496 g/mol. The summed E-state index contributed by atoms with van der Waals surface area (Å²) in [6.45, 7) is 1.80. The number of methoxy groups -OCH3 is 1. The van der Waals surface area contributed by atoms with Crippen LogP contribution in [0.4, 0.5) is 4.79 Å². The standard InChI is InChI=1S/C26H25NO5S2/c1-20-15-17-22(18-16-20)34(30,31)27(19-9-8-12-21-10-4-3-5-11-21)26(29)33-24-14-7-6-13-23(24)25(28)32-2/h3-8,10-18H,9,19H2,1-2H3/b12-8-. The van der Waals surface area contributed by atoms with Crippen molar-refractivity contribution in [2.75, 3.05) is 13.7 Å². The van der Waals surface area contributed by atoms with Gasteiger partial charge in [0.05, 0.1) is 17.6 Å². The first-order valence-corrected chi connectivity index (χ1v) is 12.8. The highest BCUT2D eigenvalue weighted by Crippen LogP contribution is 2.29. The molecule has 6 nitrogen and oxygen atoms in total. The van der Waals surface area contributed by atoms with Crippen molar-refractivity contribution in [3.8, 4) is 0 Å². The summed E-state index contributed by atoms with van der Waals surface area (Å²) in [5, 5.41) is -0.704. The highest BCUT2D eigenvalue weighted by atomic mass is 32.2. The number of esters is 1. The van der Waals surface area contributed by atoms with Crippen LogP contribution in [-0.2, 0) is 14.8 Å². The molecule has 0 N–H and O–H groups in total. The maximum Gasteiger partial charge on any atom is 0.339 e. The molecule has 0 radical (unpaired) electrons. The van der Waals surface area contributed by atoms with E-state index in [1.54, 1.807) is 30.3 Å². The largest absolute Gasteiger partial charge is 0.465 e. The Hall–Kier alpha value is -3.36. The topological polar surface area (TPSA) is 80.8 Å². The van der Waals surface area contributed by atoms with E-state index in [0.717, 1.165) is 15.4 Å². The number of benzene rings is 3. The Morgan fingerprint density at radius 3 is 2.26 bits per heavy atom. The van der Waals surface area contributed by atoms with Crippen molar-refractivity contribution >= 4 is 39.1 Å². The van der Waals surface area contributed by atoms with Crippen molar-refractivity contribution in [2.45, 2.75) is 23.1 Å². The van der Waals surface area contributed by atoms with Crippen LogP contribution in [0.25, 0.3) is 6.08 Å². The maximum atomic E-state index is 13.4. The quantitative estimate of drug-likeness (QED) is 0.291. The zero-order valence-corrected chi connectivity index (χ0v) is 20.5. The lowest BCUT2D eigenvalue weighted by Crippen LogP contribution is -2.35. The van der Waals surface area contributed by atoms with Gasteiger partial charge in [-0.1, -0.05) is 72.3 Å². The van der Waals surface area contributed by atoms with Crippen LogP contribution in [0.1, 0.15) is 27.9 Å². The summed E-state index contributed by atoms with van der Waals surface area (Å²) in [5.74, 6) is -0.602. The van der Waals surface area contributed by atoms with E-state index in [4.69, 9.17) is 4.74 Å². The van der Waals surface area contributed by atoms with E-state index in [9.17, 15) is 18.0 Å². The third-order valence-corrected chi connectivity index (χ3v) is 7.79. The number of aryl methyl sites for hydroxylation is 1. The van der Waals surface area contributed by atoms with Gasteiger partial charge < -0.3 is 4.74 Å². The van der Waals surface area contributed by atoms with Gasteiger partial charge in [-0.05, 0) is 54.9 Å². The van der Waals surface area contributed by atoms with Gasteiger partial charge in [0.15, 0.2) is 0 Å². The van der Waals surface area contributed by atoms with Crippen molar-refractivity contribution in [1.82, 2.24) is 4.31 Å². The minimum absolute atomic E-state index is 0.0281. The number of nitrogens with zero attached hydrogens (tertiary/aromatic N) is 1. The first kappa shape index (κ1) is 25.3. The third kappa shape index (κ3) is 6.36. The lowest BCUT2D eigenvalue weighted by Gasteiger charge is -2.22. The summed E-state index contributed by atoms with van der Waals surface area (Å²) in [5.41, 5.74) is 2.08. The number of carbonyl (C=O) groups excluding carboxylic acids is 2. The monoisotopic (exact) mass is 495 g/mol. The second-order valence-corrected chi connectivity index (χ2v) is 10.2. The molecule has 3 rings (SSSR count). The molecule has 8 heteroatoms. The van der Waals surface area contributed by atoms with Gasteiger partial charge in [-0.15, -0.1) is 0 Å². The van der Waals surface area contributed by atoms with Crippen molar-refractivity contribution in [2.24, 2.45) is 0 Å². The smallest absolute Gasteiger partial charge is 0.339 e. The summed E-state index contributed by atoms with van der Waals surface area (Å²) < 4.78 is 32.4. The van der Waals surface area contributed by atoms with Gasteiger partial charge in [-0.3, -0.25) is 4.79 Å². The molecule has 0 bridgehead atoms. The van der Waals surface area contributed by atoms with Crippen LogP contribution in [-0.4, -0.2) is 37.6 Å². The predicted octanol–water partition coefficient (Wildman–Crippen LogP) is 5.79. The molecular weight excluding hydrogens is 470 g/mol. The Balaban J connectivity index is 1.88. The SMILES string of the molecule is COC(=O)c1ccccc1SC(=O)N(CC/C=C\c1ccccc1)S(=O)(=O)c1ccc(C)cc1. The minimum atomic E-state index is -4.11. The number of ether oxygens (including phenoxy) is 1. The van der Waals surface area contributed by atoms with Crippen LogP contribution < -0.4 is 0 Å². The van der Waals surface area contributed by atoms with Gasteiger partial charge >= 0.3 is 5.97 Å². The number of carbonyl (C=O) groups is 2. The molecule has 3 aromatic rings. The molecule has 3 aromatic carbocycles. The molecule has 0 unspecified atom stereocenters. The molecule has 0 fully saturated rings. The molecule has 0 atom stereocenters. The molecule has 0 aliphatic heterocycles. The Bertz CT molecular complexity index is 1270.